The predicted octanol–water partition coefficient (Wildman–Crippen LogP) is 1.37. The van der Waals surface area contributed by atoms with Gasteiger partial charge in [-0.05, 0) is 25.3 Å². The smallest absolute Gasteiger partial charge is 0.205 e. The first kappa shape index (κ1) is 14.5. The molecule has 0 amide bonds. The lowest BCUT2D eigenvalue weighted by atomic mass is 9.73. The zero-order valence-corrected chi connectivity index (χ0v) is 12.3. The Kier molecular flexibility index (Phi) is 3.73. The Labute approximate surface area is 128 Å². The molecule has 1 saturated carbocycles. The Hall–Kier alpha value is -1.43. The van der Waals surface area contributed by atoms with Gasteiger partial charge in [0, 0.05) is 17.1 Å². The van der Waals surface area contributed by atoms with Gasteiger partial charge in [0.25, 0.3) is 0 Å². The third-order valence-electron chi connectivity index (χ3n) is 4.16. The van der Waals surface area contributed by atoms with Crippen LogP contribution in [-0.2, 0) is 15.1 Å². The maximum atomic E-state index is 12.8. The van der Waals surface area contributed by atoms with Crippen molar-refractivity contribution in [3.63, 3.8) is 0 Å². The van der Waals surface area contributed by atoms with Crippen LogP contribution in [0, 0.1) is 0 Å². The number of carbonyl (C=O) groups excluding carboxylic acids is 1. The van der Waals surface area contributed by atoms with Crippen molar-refractivity contribution in [3.8, 4) is 0 Å². The maximum absolute atomic E-state index is 12.8. The number of ketones is 1. The van der Waals surface area contributed by atoms with Crippen molar-refractivity contribution < 1.29 is 9.53 Å². The standard InChI is InChI=1S/C15H18ClN3O2/c16-10-5-2-1-4-9(10)15-7-3-6-12(13(15)20)21-14(19-15)11(18)8-17/h1-2,4-5,11-12H,3,6-8,17-18H2. The zero-order valence-electron chi connectivity index (χ0n) is 11.6. The van der Waals surface area contributed by atoms with E-state index in [2.05, 4.69) is 4.99 Å². The highest BCUT2D eigenvalue weighted by atomic mass is 35.5. The van der Waals surface area contributed by atoms with E-state index < -0.39 is 17.7 Å². The van der Waals surface area contributed by atoms with Crippen molar-refractivity contribution >= 4 is 23.3 Å². The highest BCUT2D eigenvalue weighted by Gasteiger charge is 2.52. The van der Waals surface area contributed by atoms with Crippen LogP contribution in [0.4, 0.5) is 0 Å². The van der Waals surface area contributed by atoms with Gasteiger partial charge in [-0.3, -0.25) is 4.79 Å². The van der Waals surface area contributed by atoms with E-state index in [9.17, 15) is 4.79 Å². The van der Waals surface area contributed by atoms with E-state index in [0.717, 1.165) is 12.0 Å². The zero-order chi connectivity index (χ0) is 15.0. The summed E-state index contributed by atoms with van der Waals surface area (Å²) in [6.07, 6.45) is 1.66. The van der Waals surface area contributed by atoms with Crippen LogP contribution in [0.25, 0.3) is 0 Å². The summed E-state index contributed by atoms with van der Waals surface area (Å²) in [4.78, 5) is 17.3. The number of fused-ring (bicyclic) bond motifs is 2. The van der Waals surface area contributed by atoms with E-state index in [4.69, 9.17) is 27.8 Å². The average molecular weight is 308 g/mol. The maximum Gasteiger partial charge on any atom is 0.205 e. The van der Waals surface area contributed by atoms with Crippen molar-refractivity contribution in [1.82, 2.24) is 0 Å². The van der Waals surface area contributed by atoms with E-state index in [1.807, 2.05) is 18.2 Å². The van der Waals surface area contributed by atoms with Crippen LogP contribution in [-0.4, -0.2) is 30.4 Å². The van der Waals surface area contributed by atoms with Gasteiger partial charge in [0.15, 0.2) is 11.6 Å². The molecule has 3 rings (SSSR count). The quantitative estimate of drug-likeness (QED) is 0.882. The highest BCUT2D eigenvalue weighted by molar-refractivity contribution is 6.32. The molecule has 1 aliphatic heterocycles. The molecule has 0 spiro atoms. The molecule has 4 N–H and O–H groups in total. The Morgan fingerprint density at radius 2 is 2.24 bits per heavy atom. The molecule has 5 nitrogen and oxygen atoms in total. The third-order valence-corrected chi connectivity index (χ3v) is 4.49. The summed E-state index contributed by atoms with van der Waals surface area (Å²) in [6, 6.07) is 6.82. The second-order valence-corrected chi connectivity index (χ2v) is 5.90. The molecule has 1 heterocycles. The molecular weight excluding hydrogens is 290 g/mol. The van der Waals surface area contributed by atoms with Gasteiger partial charge in [0.1, 0.15) is 0 Å². The van der Waals surface area contributed by atoms with E-state index in [0.29, 0.717) is 23.8 Å². The molecule has 0 saturated heterocycles. The first-order valence-corrected chi connectivity index (χ1v) is 7.47. The summed E-state index contributed by atoms with van der Waals surface area (Å²) in [5.41, 5.74) is 11.3. The molecule has 112 valence electrons. The number of hydrogen-bond donors (Lipinski definition) is 2. The monoisotopic (exact) mass is 307 g/mol. The average Bonchev–Trinajstić information content (AvgIpc) is 2.47. The van der Waals surface area contributed by atoms with Gasteiger partial charge < -0.3 is 16.2 Å². The van der Waals surface area contributed by atoms with Crippen molar-refractivity contribution in [1.29, 1.82) is 0 Å². The minimum Gasteiger partial charge on any atom is -0.468 e. The van der Waals surface area contributed by atoms with Crippen LogP contribution in [0.1, 0.15) is 24.8 Å². The van der Waals surface area contributed by atoms with Crippen LogP contribution < -0.4 is 11.5 Å². The lowest BCUT2D eigenvalue weighted by Crippen LogP contribution is -2.55. The molecular formula is C15H18ClN3O2. The molecule has 3 atom stereocenters. The minimum absolute atomic E-state index is 0.0326. The number of aliphatic imine (C=N–C) groups is 1. The van der Waals surface area contributed by atoms with Crippen LogP contribution in [0.5, 0.6) is 0 Å². The fraction of sp³-hybridized carbons (Fsp3) is 0.467. The molecule has 1 aromatic carbocycles. The molecule has 2 aliphatic rings. The second kappa shape index (κ2) is 5.40. The van der Waals surface area contributed by atoms with Gasteiger partial charge in [-0.15, -0.1) is 0 Å². The normalized spacial score (nSPS) is 29.6. The Bertz CT molecular complexity index is 604. The van der Waals surface area contributed by atoms with Gasteiger partial charge in [-0.25, -0.2) is 4.99 Å². The fourth-order valence-electron chi connectivity index (χ4n) is 3.04. The highest BCUT2D eigenvalue weighted by Crippen LogP contribution is 2.44. The summed E-state index contributed by atoms with van der Waals surface area (Å²) < 4.78 is 5.66. The number of nitrogens with zero attached hydrogens (tertiary/aromatic N) is 1. The first-order valence-electron chi connectivity index (χ1n) is 7.10. The van der Waals surface area contributed by atoms with E-state index in [-0.39, 0.29) is 12.3 Å². The molecule has 6 heteroatoms. The molecule has 1 aliphatic carbocycles. The van der Waals surface area contributed by atoms with Crippen LogP contribution in [0.3, 0.4) is 0 Å². The van der Waals surface area contributed by atoms with Crippen molar-refractivity contribution in [3.05, 3.63) is 34.9 Å². The fourth-order valence-corrected chi connectivity index (χ4v) is 3.33. The van der Waals surface area contributed by atoms with Gasteiger partial charge >= 0.3 is 0 Å². The number of rotatable bonds is 3. The first-order chi connectivity index (χ1) is 10.1. The number of halogens is 1. The largest absolute Gasteiger partial charge is 0.468 e. The SMILES string of the molecule is NCC(N)C1=NC2(c3ccccc3Cl)CCCC(O1)C2=O. The molecule has 0 radical (unpaired) electrons. The van der Waals surface area contributed by atoms with Gasteiger partial charge in [0.05, 0.1) is 6.04 Å². The van der Waals surface area contributed by atoms with E-state index >= 15 is 0 Å². The van der Waals surface area contributed by atoms with Crippen LogP contribution >= 0.6 is 11.6 Å². The number of Topliss-reactive ketones (excluding diaryl/α,β-unsaturated/α-hetero) is 1. The van der Waals surface area contributed by atoms with Gasteiger partial charge in [0.2, 0.25) is 11.7 Å². The Morgan fingerprint density at radius 1 is 1.48 bits per heavy atom. The Morgan fingerprint density at radius 3 is 2.95 bits per heavy atom. The van der Waals surface area contributed by atoms with E-state index in [1.165, 1.54) is 0 Å². The van der Waals surface area contributed by atoms with Gasteiger partial charge in [-0.2, -0.15) is 0 Å². The number of nitrogens with two attached hydrogens (primary N) is 2. The Balaban J connectivity index is 2.16. The van der Waals surface area contributed by atoms with E-state index in [1.54, 1.807) is 6.07 Å². The molecule has 1 fully saturated rings. The lowest BCUT2D eigenvalue weighted by Gasteiger charge is -2.42. The number of carbonyl (C=O) groups is 1. The summed E-state index contributed by atoms with van der Waals surface area (Å²) in [7, 11) is 0. The van der Waals surface area contributed by atoms with Crippen LogP contribution in [0.2, 0.25) is 5.02 Å². The van der Waals surface area contributed by atoms with Crippen molar-refractivity contribution in [2.75, 3.05) is 6.54 Å². The number of benzene rings is 1. The minimum atomic E-state index is -0.971. The third kappa shape index (κ3) is 2.25. The van der Waals surface area contributed by atoms with Crippen molar-refractivity contribution in [2.24, 2.45) is 16.5 Å². The molecule has 2 bridgehead atoms. The molecule has 3 unspecified atom stereocenters. The number of hydrogen-bond acceptors (Lipinski definition) is 5. The topological polar surface area (TPSA) is 90.7 Å². The summed E-state index contributed by atoms with van der Waals surface area (Å²) in [6.45, 7) is 0.221. The summed E-state index contributed by atoms with van der Waals surface area (Å²) in [5.74, 6) is 0.330. The molecule has 21 heavy (non-hydrogen) atoms. The second-order valence-electron chi connectivity index (χ2n) is 5.50. The number of ether oxygens (including phenoxy) is 1. The molecule has 1 aromatic rings. The summed E-state index contributed by atoms with van der Waals surface area (Å²) >= 11 is 6.31. The lowest BCUT2D eigenvalue weighted by molar-refractivity contribution is -0.137. The van der Waals surface area contributed by atoms with Crippen molar-refractivity contribution in [2.45, 2.75) is 36.9 Å². The predicted molar refractivity (Wildman–Crippen MR) is 81.3 cm³/mol. The van der Waals surface area contributed by atoms with Gasteiger partial charge in [-0.1, -0.05) is 29.8 Å². The summed E-state index contributed by atoms with van der Waals surface area (Å²) in [5, 5.41) is 0.540. The molecule has 0 aromatic heterocycles. The van der Waals surface area contributed by atoms with Crippen LogP contribution in [0.15, 0.2) is 29.3 Å².